The van der Waals surface area contributed by atoms with Gasteiger partial charge in [0.25, 0.3) is 0 Å². The Morgan fingerprint density at radius 2 is 1.85 bits per heavy atom. The van der Waals surface area contributed by atoms with Crippen LogP contribution in [0.15, 0.2) is 33.2 Å². The summed E-state index contributed by atoms with van der Waals surface area (Å²) >= 11 is 6.73. The van der Waals surface area contributed by atoms with Gasteiger partial charge in [0.2, 0.25) is 5.91 Å². The van der Waals surface area contributed by atoms with Crippen LogP contribution in [0.3, 0.4) is 0 Å². The third-order valence-corrected chi connectivity index (χ3v) is 2.80. The highest BCUT2D eigenvalue weighted by molar-refractivity contribution is 9.11. The molecule has 0 saturated carbocycles. The summed E-state index contributed by atoms with van der Waals surface area (Å²) in [7, 11) is 0. The summed E-state index contributed by atoms with van der Waals surface area (Å²) in [5.74, 6) is -0.456. The molecule has 0 aliphatic carbocycles. The van der Waals surface area contributed by atoms with Crippen LogP contribution in [0.2, 0.25) is 0 Å². The molecule has 0 bridgehead atoms. The first-order valence-corrected chi connectivity index (χ1v) is 5.11. The number of carbonyl (C=O) groups excluding carboxylic acids is 1. The average Bonchev–Trinajstić information content (AvgIpc) is 2.03. The molecule has 0 saturated heterocycles. The number of amides is 1. The number of hydrogen-bond acceptors (Lipinski definition) is 1. The molecule has 4 heteroatoms. The van der Waals surface area contributed by atoms with E-state index in [0.717, 1.165) is 14.5 Å². The Hall–Kier alpha value is -0.610. The van der Waals surface area contributed by atoms with Crippen molar-refractivity contribution < 1.29 is 4.79 Å². The summed E-state index contributed by atoms with van der Waals surface area (Å²) in [5.41, 5.74) is 5.89. The molecule has 0 aliphatic rings. The van der Waals surface area contributed by atoms with Crippen LogP contribution in [-0.4, -0.2) is 5.91 Å². The zero-order valence-electron chi connectivity index (χ0n) is 6.63. The van der Waals surface area contributed by atoms with Gasteiger partial charge in [-0.15, -0.1) is 0 Å². The lowest BCUT2D eigenvalue weighted by atomic mass is 10.2. The Morgan fingerprint density at radius 3 is 2.31 bits per heavy atom. The summed E-state index contributed by atoms with van der Waals surface area (Å²) in [5, 5.41) is 0. The zero-order chi connectivity index (χ0) is 9.84. The molecule has 0 aliphatic heterocycles. The van der Waals surface area contributed by atoms with E-state index in [4.69, 9.17) is 5.73 Å². The summed E-state index contributed by atoms with van der Waals surface area (Å²) in [4.78, 5) is 10.5. The van der Waals surface area contributed by atoms with Crippen molar-refractivity contribution in [3.8, 4) is 0 Å². The van der Waals surface area contributed by atoms with Gasteiger partial charge in [0.05, 0.1) is 0 Å². The van der Waals surface area contributed by atoms with Crippen LogP contribution < -0.4 is 5.73 Å². The summed E-state index contributed by atoms with van der Waals surface area (Å²) in [6, 6.07) is 5.69. The van der Waals surface area contributed by atoms with Gasteiger partial charge in [0.15, 0.2) is 0 Å². The fourth-order valence-corrected chi connectivity index (χ4v) is 2.10. The molecule has 2 nitrogen and oxygen atoms in total. The van der Waals surface area contributed by atoms with Gasteiger partial charge in [-0.3, -0.25) is 4.79 Å². The highest BCUT2D eigenvalue weighted by Gasteiger charge is 1.99. The molecule has 0 spiro atoms. The Balaban J connectivity index is 3.06. The maximum atomic E-state index is 10.5. The molecule has 0 aromatic heterocycles. The van der Waals surface area contributed by atoms with E-state index in [0.29, 0.717) is 0 Å². The largest absolute Gasteiger partial charge is 0.366 e. The van der Waals surface area contributed by atoms with Crippen molar-refractivity contribution in [2.24, 2.45) is 5.73 Å². The first-order chi connectivity index (χ1) is 6.11. The van der Waals surface area contributed by atoms with Gasteiger partial charge >= 0.3 is 0 Å². The number of primary amides is 1. The number of nitrogens with two attached hydrogens (primary N) is 1. The van der Waals surface area contributed by atoms with Crippen molar-refractivity contribution >= 4 is 43.8 Å². The number of rotatable bonds is 2. The molecule has 1 amide bonds. The van der Waals surface area contributed by atoms with E-state index in [1.807, 2.05) is 18.2 Å². The lowest BCUT2D eigenvalue weighted by molar-refractivity contribution is -0.113. The fourth-order valence-electron chi connectivity index (χ4n) is 0.835. The predicted octanol–water partition coefficient (Wildman–Crippen LogP) is 2.71. The number of benzene rings is 1. The average molecular weight is 305 g/mol. The van der Waals surface area contributed by atoms with Crippen molar-refractivity contribution in [2.45, 2.75) is 0 Å². The van der Waals surface area contributed by atoms with E-state index < -0.39 is 5.91 Å². The molecule has 0 unspecified atom stereocenters. The molecule has 13 heavy (non-hydrogen) atoms. The van der Waals surface area contributed by atoms with E-state index in [-0.39, 0.29) is 0 Å². The summed E-state index contributed by atoms with van der Waals surface area (Å²) in [6.45, 7) is 0. The Labute approximate surface area is 93.1 Å². The third kappa shape index (κ3) is 2.97. The number of hydrogen-bond donors (Lipinski definition) is 1. The summed E-state index contributed by atoms with van der Waals surface area (Å²) < 4.78 is 1.83. The lowest BCUT2D eigenvalue weighted by Gasteiger charge is -2.00. The molecule has 0 heterocycles. The van der Waals surface area contributed by atoms with Crippen LogP contribution in [0.1, 0.15) is 5.56 Å². The second-order valence-electron chi connectivity index (χ2n) is 2.37. The maximum Gasteiger partial charge on any atom is 0.241 e. The molecular weight excluding hydrogens is 298 g/mol. The number of carbonyl (C=O) groups is 1. The molecule has 2 N–H and O–H groups in total. The monoisotopic (exact) mass is 303 g/mol. The second kappa shape index (κ2) is 4.58. The second-order valence-corrected chi connectivity index (χ2v) is 4.08. The van der Waals surface area contributed by atoms with Crippen LogP contribution in [0.25, 0.3) is 6.08 Å². The normalized spacial score (nSPS) is 10.6. The van der Waals surface area contributed by atoms with Crippen LogP contribution in [0.5, 0.6) is 0 Å². The molecule has 1 rings (SSSR count). The SMILES string of the molecule is NC(=O)C=Cc1c(Br)cccc1Br. The van der Waals surface area contributed by atoms with Crippen molar-refractivity contribution in [3.05, 3.63) is 38.8 Å². The van der Waals surface area contributed by atoms with Crippen LogP contribution in [-0.2, 0) is 4.79 Å². The molecule has 0 fully saturated rings. The van der Waals surface area contributed by atoms with Crippen molar-refractivity contribution in [1.82, 2.24) is 0 Å². The van der Waals surface area contributed by atoms with Gasteiger partial charge in [-0.1, -0.05) is 37.9 Å². The van der Waals surface area contributed by atoms with E-state index in [2.05, 4.69) is 31.9 Å². The van der Waals surface area contributed by atoms with Gasteiger partial charge in [-0.25, -0.2) is 0 Å². The standard InChI is InChI=1S/C9H7Br2NO/c10-7-2-1-3-8(11)6(7)4-5-9(12)13/h1-5H,(H2,12,13). The van der Waals surface area contributed by atoms with Crippen LogP contribution >= 0.6 is 31.9 Å². The number of halogens is 2. The molecular formula is C9H7Br2NO. The summed E-state index contributed by atoms with van der Waals surface area (Å²) in [6.07, 6.45) is 2.99. The van der Waals surface area contributed by atoms with E-state index in [9.17, 15) is 4.79 Å². The third-order valence-electron chi connectivity index (χ3n) is 1.41. The molecule has 0 atom stereocenters. The first-order valence-electron chi connectivity index (χ1n) is 3.53. The fraction of sp³-hybridized carbons (Fsp3) is 0. The van der Waals surface area contributed by atoms with Gasteiger partial charge in [0.1, 0.15) is 0 Å². The van der Waals surface area contributed by atoms with Crippen LogP contribution in [0.4, 0.5) is 0 Å². The minimum atomic E-state index is -0.456. The highest BCUT2D eigenvalue weighted by Crippen LogP contribution is 2.26. The minimum absolute atomic E-state index is 0.456. The van der Waals surface area contributed by atoms with Crippen molar-refractivity contribution in [2.75, 3.05) is 0 Å². The quantitative estimate of drug-likeness (QED) is 0.839. The molecule has 1 aromatic rings. The molecule has 1 aromatic carbocycles. The van der Waals surface area contributed by atoms with Gasteiger partial charge < -0.3 is 5.73 Å². The van der Waals surface area contributed by atoms with Crippen molar-refractivity contribution in [1.29, 1.82) is 0 Å². The first kappa shape index (κ1) is 10.5. The van der Waals surface area contributed by atoms with Gasteiger partial charge in [-0.05, 0) is 18.2 Å². The smallest absolute Gasteiger partial charge is 0.241 e. The van der Waals surface area contributed by atoms with Crippen molar-refractivity contribution in [3.63, 3.8) is 0 Å². The Kier molecular flexibility index (Phi) is 3.69. The lowest BCUT2D eigenvalue weighted by Crippen LogP contribution is -2.05. The van der Waals surface area contributed by atoms with E-state index in [1.54, 1.807) is 6.08 Å². The highest BCUT2D eigenvalue weighted by atomic mass is 79.9. The Morgan fingerprint density at radius 1 is 1.31 bits per heavy atom. The van der Waals surface area contributed by atoms with Crippen LogP contribution in [0, 0.1) is 0 Å². The maximum absolute atomic E-state index is 10.5. The predicted molar refractivity (Wildman–Crippen MR) is 60.1 cm³/mol. The minimum Gasteiger partial charge on any atom is -0.366 e. The van der Waals surface area contributed by atoms with E-state index >= 15 is 0 Å². The topological polar surface area (TPSA) is 43.1 Å². The molecule has 0 radical (unpaired) electrons. The van der Waals surface area contributed by atoms with Gasteiger partial charge in [0, 0.05) is 20.6 Å². The molecule has 68 valence electrons. The Bertz CT molecular complexity index is 340. The van der Waals surface area contributed by atoms with E-state index in [1.165, 1.54) is 6.08 Å². The zero-order valence-corrected chi connectivity index (χ0v) is 9.80. The van der Waals surface area contributed by atoms with Gasteiger partial charge in [-0.2, -0.15) is 0 Å².